The molecule has 6 heteroatoms. The highest BCUT2D eigenvalue weighted by Crippen LogP contribution is 2.13. The van der Waals surface area contributed by atoms with Crippen LogP contribution in [0, 0.1) is 0 Å². The van der Waals surface area contributed by atoms with E-state index in [1.54, 1.807) is 21.5 Å². The summed E-state index contributed by atoms with van der Waals surface area (Å²) in [7, 11) is 0. The van der Waals surface area contributed by atoms with Crippen LogP contribution in [0.25, 0.3) is 11.0 Å². The number of imidazole rings is 1. The number of benzene rings is 1. The zero-order valence-electron chi connectivity index (χ0n) is 13.0. The predicted octanol–water partition coefficient (Wildman–Crippen LogP) is 1.99. The topological polar surface area (TPSA) is 69.5 Å². The summed E-state index contributed by atoms with van der Waals surface area (Å²) in [5.74, 6) is 0.706. The van der Waals surface area contributed by atoms with E-state index in [0.29, 0.717) is 18.9 Å². The summed E-state index contributed by atoms with van der Waals surface area (Å²) in [6.07, 6.45) is 0.813. The molecule has 1 N–H and O–H groups in total. The van der Waals surface area contributed by atoms with Gasteiger partial charge in [-0.3, -0.25) is 9.13 Å². The summed E-state index contributed by atoms with van der Waals surface area (Å²) in [6, 6.07) is 11.2. The molecule has 1 unspecified atom stereocenters. The van der Waals surface area contributed by atoms with E-state index in [-0.39, 0.29) is 18.8 Å². The van der Waals surface area contributed by atoms with Gasteiger partial charge in [0.15, 0.2) is 0 Å². The van der Waals surface area contributed by atoms with E-state index in [9.17, 15) is 9.90 Å². The van der Waals surface area contributed by atoms with E-state index < -0.39 is 6.10 Å². The molecule has 2 aromatic heterocycles. The van der Waals surface area contributed by atoms with Gasteiger partial charge in [0, 0.05) is 6.54 Å². The van der Waals surface area contributed by atoms with Gasteiger partial charge in [-0.05, 0) is 31.2 Å². The summed E-state index contributed by atoms with van der Waals surface area (Å²) in [4.78, 5) is 12.5. The Morgan fingerprint density at radius 2 is 1.91 bits per heavy atom. The third-order valence-electron chi connectivity index (χ3n) is 3.77. The van der Waals surface area contributed by atoms with Gasteiger partial charge in [0.1, 0.15) is 12.4 Å². The fourth-order valence-electron chi connectivity index (χ4n) is 2.71. The molecule has 0 aliphatic heterocycles. The number of ether oxygens (including phenoxy) is 1. The average molecular weight is 316 g/mol. The molecule has 0 aliphatic rings. The summed E-state index contributed by atoms with van der Waals surface area (Å²) >= 11 is 0. The van der Waals surface area contributed by atoms with Crippen molar-refractivity contribution >= 4 is 11.0 Å². The Hall–Kier alpha value is -2.31. The average Bonchev–Trinajstić information content (AvgIpc) is 3.15. The monoisotopic (exact) mass is 316 g/mol. The van der Waals surface area contributed by atoms with Gasteiger partial charge in [-0.2, -0.15) is 0 Å². The molecule has 6 nitrogen and oxygen atoms in total. The fourth-order valence-corrected chi connectivity index (χ4v) is 2.71. The molecule has 0 aliphatic carbocycles. The highest BCUT2D eigenvalue weighted by atomic mass is 16.5. The van der Waals surface area contributed by atoms with E-state index in [1.807, 2.05) is 37.3 Å². The van der Waals surface area contributed by atoms with E-state index in [2.05, 4.69) is 0 Å². The molecule has 0 saturated heterocycles. The number of aryl methyl sites for hydroxylation is 1. The lowest BCUT2D eigenvalue weighted by Gasteiger charge is -2.11. The van der Waals surface area contributed by atoms with Crippen molar-refractivity contribution in [2.45, 2.75) is 32.7 Å². The number of furan rings is 1. The van der Waals surface area contributed by atoms with Crippen LogP contribution in [0.4, 0.5) is 0 Å². The second-order valence-electron chi connectivity index (χ2n) is 5.37. The molecule has 122 valence electrons. The largest absolute Gasteiger partial charge is 0.467 e. The summed E-state index contributed by atoms with van der Waals surface area (Å²) < 4.78 is 13.9. The number of aromatic nitrogens is 2. The molecule has 0 radical (unpaired) electrons. The number of rotatable bonds is 7. The van der Waals surface area contributed by atoms with Crippen molar-refractivity contribution in [3.05, 3.63) is 58.9 Å². The Labute approximate surface area is 133 Å². The van der Waals surface area contributed by atoms with E-state index in [4.69, 9.17) is 9.15 Å². The lowest BCUT2D eigenvalue weighted by molar-refractivity contribution is 0.0147. The van der Waals surface area contributed by atoms with Crippen LogP contribution in [-0.4, -0.2) is 27.0 Å². The minimum Gasteiger partial charge on any atom is -0.467 e. The Balaban J connectivity index is 1.71. The van der Waals surface area contributed by atoms with Crippen molar-refractivity contribution in [3.8, 4) is 0 Å². The van der Waals surface area contributed by atoms with Crippen LogP contribution in [0.1, 0.15) is 12.7 Å². The summed E-state index contributed by atoms with van der Waals surface area (Å²) in [5.41, 5.74) is 1.59. The minimum atomic E-state index is -0.765. The summed E-state index contributed by atoms with van der Waals surface area (Å²) in [6.45, 7) is 3.16. The van der Waals surface area contributed by atoms with Crippen LogP contribution < -0.4 is 5.69 Å². The highest BCUT2D eigenvalue weighted by molar-refractivity contribution is 5.75. The second kappa shape index (κ2) is 6.85. The molecule has 3 aromatic rings. The molecule has 23 heavy (non-hydrogen) atoms. The molecule has 0 bridgehead atoms. The Morgan fingerprint density at radius 1 is 1.17 bits per heavy atom. The van der Waals surface area contributed by atoms with Gasteiger partial charge in [0.05, 0.1) is 36.6 Å². The van der Waals surface area contributed by atoms with Gasteiger partial charge in [-0.25, -0.2) is 4.79 Å². The lowest BCUT2D eigenvalue weighted by Crippen LogP contribution is -2.30. The van der Waals surface area contributed by atoms with Crippen LogP contribution in [0.3, 0.4) is 0 Å². The molecule has 0 spiro atoms. The van der Waals surface area contributed by atoms with Gasteiger partial charge < -0.3 is 14.3 Å². The third-order valence-corrected chi connectivity index (χ3v) is 3.77. The Morgan fingerprint density at radius 3 is 2.57 bits per heavy atom. The first-order valence-corrected chi connectivity index (χ1v) is 7.67. The van der Waals surface area contributed by atoms with Crippen molar-refractivity contribution in [2.24, 2.45) is 0 Å². The molecule has 0 fully saturated rings. The van der Waals surface area contributed by atoms with Crippen molar-refractivity contribution in [1.82, 2.24) is 9.13 Å². The number of hydrogen-bond donors (Lipinski definition) is 1. The molecule has 1 atom stereocenters. The molecular weight excluding hydrogens is 296 g/mol. The lowest BCUT2D eigenvalue weighted by atomic mass is 10.3. The van der Waals surface area contributed by atoms with Gasteiger partial charge >= 0.3 is 5.69 Å². The maximum atomic E-state index is 12.5. The molecular formula is C17H20N2O4. The zero-order chi connectivity index (χ0) is 16.2. The van der Waals surface area contributed by atoms with E-state index >= 15 is 0 Å². The highest BCUT2D eigenvalue weighted by Gasteiger charge is 2.15. The van der Waals surface area contributed by atoms with Crippen LogP contribution in [-0.2, 0) is 24.4 Å². The maximum Gasteiger partial charge on any atom is 0.329 e. The normalized spacial score (nSPS) is 12.8. The van der Waals surface area contributed by atoms with Crippen LogP contribution in [0.5, 0.6) is 0 Å². The van der Waals surface area contributed by atoms with Crippen molar-refractivity contribution in [1.29, 1.82) is 0 Å². The SMILES string of the molecule is CCn1c(=O)n(CC(O)COCc2ccco2)c2ccccc21. The van der Waals surface area contributed by atoms with Gasteiger partial charge in [0.25, 0.3) is 0 Å². The summed E-state index contributed by atoms with van der Waals surface area (Å²) in [5, 5.41) is 10.2. The quantitative estimate of drug-likeness (QED) is 0.724. The Bertz CT molecular complexity index is 817. The van der Waals surface area contributed by atoms with E-state index in [1.165, 1.54) is 0 Å². The first-order valence-electron chi connectivity index (χ1n) is 7.67. The minimum absolute atomic E-state index is 0.112. The van der Waals surface area contributed by atoms with Gasteiger partial charge in [-0.15, -0.1) is 0 Å². The van der Waals surface area contributed by atoms with Crippen molar-refractivity contribution in [3.63, 3.8) is 0 Å². The standard InChI is InChI=1S/C17H20N2O4/c1-2-18-15-7-3-4-8-16(15)19(17(18)21)10-13(20)11-22-12-14-6-5-9-23-14/h3-9,13,20H,2,10-12H2,1H3. The number of aliphatic hydroxyl groups excluding tert-OH is 1. The third kappa shape index (κ3) is 3.23. The predicted molar refractivity (Wildman–Crippen MR) is 86.2 cm³/mol. The maximum absolute atomic E-state index is 12.5. The fraction of sp³-hybridized carbons (Fsp3) is 0.353. The first-order chi connectivity index (χ1) is 11.2. The number of nitrogens with zero attached hydrogens (tertiary/aromatic N) is 2. The van der Waals surface area contributed by atoms with Crippen molar-refractivity contribution < 1.29 is 14.3 Å². The van der Waals surface area contributed by atoms with Crippen LogP contribution in [0.15, 0.2) is 51.9 Å². The van der Waals surface area contributed by atoms with Crippen LogP contribution in [0.2, 0.25) is 0 Å². The van der Waals surface area contributed by atoms with Crippen molar-refractivity contribution in [2.75, 3.05) is 6.61 Å². The number of aliphatic hydroxyl groups is 1. The smallest absolute Gasteiger partial charge is 0.329 e. The molecule has 1 aromatic carbocycles. The van der Waals surface area contributed by atoms with E-state index in [0.717, 1.165) is 11.0 Å². The molecule has 2 heterocycles. The molecule has 0 saturated carbocycles. The van der Waals surface area contributed by atoms with Gasteiger partial charge in [-0.1, -0.05) is 12.1 Å². The zero-order valence-corrected chi connectivity index (χ0v) is 13.0. The number of hydrogen-bond acceptors (Lipinski definition) is 4. The first kappa shape index (κ1) is 15.6. The number of para-hydroxylation sites is 2. The second-order valence-corrected chi connectivity index (χ2v) is 5.37. The Kier molecular flexibility index (Phi) is 4.64. The molecule has 3 rings (SSSR count). The molecule has 0 amide bonds. The van der Waals surface area contributed by atoms with Crippen LogP contribution >= 0.6 is 0 Å². The number of fused-ring (bicyclic) bond motifs is 1. The van der Waals surface area contributed by atoms with Gasteiger partial charge in [0.2, 0.25) is 0 Å².